The van der Waals surface area contributed by atoms with Gasteiger partial charge in [0, 0.05) is 11.1 Å². The number of rotatable bonds is 4. The third kappa shape index (κ3) is 6.50. The summed E-state index contributed by atoms with van der Waals surface area (Å²) in [6.07, 6.45) is 0. The van der Waals surface area contributed by atoms with Crippen LogP contribution in [-0.2, 0) is 0 Å². The number of phenolic OH excluding ortho intramolecular Hbond substituents is 1. The molecule has 0 aliphatic heterocycles. The van der Waals surface area contributed by atoms with Crippen LogP contribution in [0.2, 0.25) is 0 Å². The third-order valence-electron chi connectivity index (χ3n) is 3.56. The van der Waals surface area contributed by atoms with Crippen molar-refractivity contribution in [2.45, 2.75) is 0 Å². The van der Waals surface area contributed by atoms with E-state index in [4.69, 9.17) is 9.84 Å². The van der Waals surface area contributed by atoms with Crippen LogP contribution in [0.15, 0.2) is 72.8 Å². The molecule has 30 heavy (non-hydrogen) atoms. The fourth-order valence-corrected chi connectivity index (χ4v) is 2.17. The predicted molar refractivity (Wildman–Crippen MR) is 102 cm³/mol. The molecule has 3 rings (SSSR count). The summed E-state index contributed by atoms with van der Waals surface area (Å²) in [6.45, 7) is 0. The topological polar surface area (TPSA) is 147 Å². The molecule has 2 N–H and O–H groups in total. The molecule has 0 fully saturated rings. The van der Waals surface area contributed by atoms with Crippen molar-refractivity contribution in [1.82, 2.24) is 0 Å². The van der Waals surface area contributed by atoms with Gasteiger partial charge in [0.15, 0.2) is 0 Å². The van der Waals surface area contributed by atoms with Crippen molar-refractivity contribution in [2.24, 2.45) is 0 Å². The zero-order valence-electron chi connectivity index (χ0n) is 15.5. The quantitative estimate of drug-likeness (QED) is 0.350. The second-order valence-electron chi connectivity index (χ2n) is 5.49. The molecule has 0 saturated heterocycles. The predicted octanol–water partition coefficient (Wildman–Crippen LogP) is 0.350. The smallest absolute Gasteiger partial charge is 0.545 e. The van der Waals surface area contributed by atoms with Crippen LogP contribution in [-0.4, -0.2) is 51.2 Å². The van der Waals surface area contributed by atoms with Crippen LogP contribution in [0.5, 0.6) is 17.2 Å². The summed E-state index contributed by atoms with van der Waals surface area (Å²) in [7, 11) is 0. The van der Waals surface area contributed by atoms with Gasteiger partial charge in [-0.1, -0.05) is 36.4 Å². The van der Waals surface area contributed by atoms with E-state index in [1.165, 1.54) is 54.6 Å². The van der Waals surface area contributed by atoms with Crippen LogP contribution in [0.4, 0.5) is 0 Å². The van der Waals surface area contributed by atoms with Crippen molar-refractivity contribution in [2.75, 3.05) is 0 Å². The summed E-state index contributed by atoms with van der Waals surface area (Å²) in [6, 6.07) is 17.1. The standard InChI is InChI=1S/C14H10O5.C7H6O3.Mg/c15-11-7-3-1-5-9(11)14(18)19-12-8-4-2-6-10(12)13(16)17;8-6-4-2-1-3-5(6)7(9)10;/h1-8,15H,(H,16,17);1-4,8H,(H,9,10);/q;;+2/p-2. The number of carbonyl (C=O) groups is 3. The fourth-order valence-electron chi connectivity index (χ4n) is 2.17. The maximum atomic E-state index is 11.8. The molecule has 0 heterocycles. The minimum Gasteiger partial charge on any atom is -0.545 e. The molecule has 3 aromatic rings. The Kier molecular flexibility index (Phi) is 9.33. The normalized spacial score (nSPS) is 9.33. The first kappa shape index (κ1) is 24.5. The Morgan fingerprint density at radius 2 is 1.03 bits per heavy atom. The number of aromatic hydroxyl groups is 2. The molecule has 0 bridgehead atoms. The molecule has 8 nitrogen and oxygen atoms in total. The first-order valence-corrected chi connectivity index (χ1v) is 8.11. The van der Waals surface area contributed by atoms with Crippen LogP contribution < -0.4 is 14.9 Å². The van der Waals surface area contributed by atoms with Gasteiger partial charge in [0.2, 0.25) is 0 Å². The Balaban J connectivity index is 0.000000348. The van der Waals surface area contributed by atoms with Gasteiger partial charge in [-0.3, -0.25) is 0 Å². The van der Waals surface area contributed by atoms with Gasteiger partial charge >= 0.3 is 29.0 Å². The van der Waals surface area contributed by atoms with Gasteiger partial charge in [0.05, 0.1) is 11.9 Å². The molecular weight excluding hydrogens is 405 g/mol. The van der Waals surface area contributed by atoms with Gasteiger partial charge in [-0.25, -0.2) is 4.79 Å². The number of para-hydroxylation sites is 3. The number of phenols is 2. The SMILES string of the molecule is O=C(Oc1ccccc1C(=O)[O-])c1ccccc1O.O=C([O-])c1ccccc1O.[Mg+2]. The fraction of sp³-hybridized carbons (Fsp3) is 0. The molecule has 0 unspecified atom stereocenters. The minimum absolute atomic E-state index is 0. The van der Waals surface area contributed by atoms with E-state index in [1.807, 2.05) is 0 Å². The maximum Gasteiger partial charge on any atom is 2.00 e. The van der Waals surface area contributed by atoms with E-state index in [9.17, 15) is 29.7 Å². The molecule has 0 radical (unpaired) electrons. The molecular formula is C21H14MgO8. The summed E-state index contributed by atoms with van der Waals surface area (Å²) < 4.78 is 4.95. The van der Waals surface area contributed by atoms with Gasteiger partial charge in [-0.15, -0.1) is 0 Å². The number of aromatic carboxylic acids is 2. The first-order valence-electron chi connectivity index (χ1n) is 8.11. The van der Waals surface area contributed by atoms with E-state index < -0.39 is 17.9 Å². The van der Waals surface area contributed by atoms with E-state index in [2.05, 4.69) is 0 Å². The van der Waals surface area contributed by atoms with Crippen LogP contribution in [0.3, 0.4) is 0 Å². The zero-order chi connectivity index (χ0) is 21.4. The van der Waals surface area contributed by atoms with Gasteiger partial charge < -0.3 is 34.8 Å². The molecule has 0 atom stereocenters. The van der Waals surface area contributed by atoms with Gasteiger partial charge in [0.1, 0.15) is 22.8 Å². The van der Waals surface area contributed by atoms with Crippen LogP contribution in [0, 0.1) is 0 Å². The minimum atomic E-state index is -1.44. The first-order chi connectivity index (χ1) is 13.8. The van der Waals surface area contributed by atoms with Gasteiger partial charge in [0.25, 0.3) is 0 Å². The van der Waals surface area contributed by atoms with Crippen LogP contribution >= 0.6 is 0 Å². The summed E-state index contributed by atoms with van der Waals surface area (Å²) in [5.74, 6) is -4.28. The number of carbonyl (C=O) groups excluding carboxylic acids is 3. The van der Waals surface area contributed by atoms with Crippen molar-refractivity contribution in [3.63, 3.8) is 0 Å². The summed E-state index contributed by atoms with van der Waals surface area (Å²) >= 11 is 0. The van der Waals surface area contributed by atoms with Crippen molar-refractivity contribution in [3.05, 3.63) is 89.5 Å². The number of esters is 1. The van der Waals surface area contributed by atoms with E-state index in [0.717, 1.165) is 0 Å². The van der Waals surface area contributed by atoms with Crippen molar-refractivity contribution in [1.29, 1.82) is 0 Å². The average Bonchev–Trinajstić information content (AvgIpc) is 2.69. The maximum absolute atomic E-state index is 11.8. The van der Waals surface area contributed by atoms with E-state index in [0.29, 0.717) is 0 Å². The van der Waals surface area contributed by atoms with E-state index >= 15 is 0 Å². The zero-order valence-corrected chi connectivity index (χ0v) is 16.9. The molecule has 0 aliphatic rings. The summed E-state index contributed by atoms with van der Waals surface area (Å²) in [5.41, 5.74) is -0.454. The Morgan fingerprint density at radius 1 is 0.633 bits per heavy atom. The van der Waals surface area contributed by atoms with Gasteiger partial charge in [-0.05, 0) is 36.4 Å². The van der Waals surface area contributed by atoms with Crippen molar-refractivity contribution in [3.8, 4) is 17.2 Å². The Labute approximate surface area is 187 Å². The molecule has 0 aromatic heterocycles. The van der Waals surface area contributed by atoms with Crippen LogP contribution in [0.1, 0.15) is 31.1 Å². The van der Waals surface area contributed by atoms with Gasteiger partial charge in [-0.2, -0.15) is 0 Å². The average molecular weight is 419 g/mol. The molecule has 3 aromatic carbocycles. The van der Waals surface area contributed by atoms with Crippen molar-refractivity contribution < 1.29 is 39.5 Å². The molecule has 9 heteroatoms. The number of ether oxygens (including phenoxy) is 1. The summed E-state index contributed by atoms with van der Waals surface area (Å²) in [5, 5.41) is 39.4. The largest absolute Gasteiger partial charge is 2.00 e. The molecule has 0 aliphatic carbocycles. The number of hydrogen-bond donors (Lipinski definition) is 2. The van der Waals surface area contributed by atoms with Crippen molar-refractivity contribution >= 4 is 41.0 Å². The molecule has 0 amide bonds. The number of benzene rings is 3. The summed E-state index contributed by atoms with van der Waals surface area (Å²) in [4.78, 5) is 32.8. The third-order valence-corrected chi connectivity index (χ3v) is 3.56. The Hall–Kier alpha value is -3.56. The molecule has 0 saturated carbocycles. The monoisotopic (exact) mass is 418 g/mol. The number of hydrogen-bond acceptors (Lipinski definition) is 8. The molecule has 148 valence electrons. The second kappa shape index (κ2) is 11.4. The van der Waals surface area contributed by atoms with E-state index in [1.54, 1.807) is 18.2 Å². The number of carboxylic acid groups (broad SMARTS) is 2. The van der Waals surface area contributed by atoms with E-state index in [-0.39, 0.29) is 57.0 Å². The van der Waals surface area contributed by atoms with Crippen LogP contribution in [0.25, 0.3) is 0 Å². The Bertz CT molecular complexity index is 1050. The number of carboxylic acids is 2. The second-order valence-corrected chi connectivity index (χ2v) is 5.49. The Morgan fingerprint density at radius 3 is 1.47 bits per heavy atom. The molecule has 0 spiro atoms.